The highest BCUT2D eigenvalue weighted by molar-refractivity contribution is 7.99. The third kappa shape index (κ3) is 2.77. The molecule has 4 rings (SSSR count). The topological polar surface area (TPSA) is 60.7 Å². The molecule has 0 N–H and O–H groups in total. The normalized spacial score (nSPS) is 14.0. The molecular weight excluding hydrogens is 359 g/mol. The van der Waals surface area contributed by atoms with Gasteiger partial charge in [0.25, 0.3) is 5.56 Å². The average Bonchev–Trinajstić information content (AvgIpc) is 2.99. The number of aromatic nitrogens is 4. The first-order valence-electron chi connectivity index (χ1n) is 8.28. The fourth-order valence-corrected chi connectivity index (χ4v) is 5.30. The number of rotatable bonds is 3. The van der Waals surface area contributed by atoms with E-state index in [9.17, 15) is 9.18 Å². The van der Waals surface area contributed by atoms with Crippen molar-refractivity contribution in [2.24, 2.45) is 7.05 Å². The molecule has 130 valence electrons. The van der Waals surface area contributed by atoms with Crippen LogP contribution in [0.1, 0.15) is 35.9 Å². The fraction of sp³-hybridized carbons (Fsp3) is 0.412. The highest BCUT2D eigenvalue weighted by Crippen LogP contribution is 2.35. The van der Waals surface area contributed by atoms with Gasteiger partial charge in [0.1, 0.15) is 16.2 Å². The molecule has 3 aromatic heterocycles. The fourth-order valence-electron chi connectivity index (χ4n) is 3.15. The molecule has 25 heavy (non-hydrogen) atoms. The Kier molecular flexibility index (Phi) is 4.33. The third-order valence-corrected chi connectivity index (χ3v) is 6.72. The molecule has 0 atom stereocenters. The van der Waals surface area contributed by atoms with Crippen molar-refractivity contribution in [2.45, 2.75) is 49.2 Å². The zero-order valence-corrected chi connectivity index (χ0v) is 15.6. The van der Waals surface area contributed by atoms with Crippen molar-refractivity contribution in [2.75, 3.05) is 0 Å². The van der Waals surface area contributed by atoms with Gasteiger partial charge >= 0.3 is 0 Å². The second-order valence-corrected chi connectivity index (χ2v) is 8.08. The van der Waals surface area contributed by atoms with Gasteiger partial charge in [-0.2, -0.15) is 0 Å². The molecule has 0 fully saturated rings. The van der Waals surface area contributed by atoms with Crippen LogP contribution < -0.4 is 5.56 Å². The first-order chi connectivity index (χ1) is 12.1. The Balaban J connectivity index is 1.84. The van der Waals surface area contributed by atoms with Crippen LogP contribution in [0.4, 0.5) is 4.39 Å². The Morgan fingerprint density at radius 2 is 2.12 bits per heavy atom. The first-order valence-corrected chi connectivity index (χ1v) is 9.92. The Morgan fingerprint density at radius 1 is 1.32 bits per heavy atom. The van der Waals surface area contributed by atoms with E-state index < -0.39 is 5.82 Å². The molecule has 0 unspecified atom stereocenters. The number of aryl methyl sites for hydroxylation is 3. The van der Waals surface area contributed by atoms with Gasteiger partial charge in [-0.15, -0.1) is 11.3 Å². The predicted molar refractivity (Wildman–Crippen MR) is 97.0 cm³/mol. The van der Waals surface area contributed by atoms with Crippen LogP contribution in [0.2, 0.25) is 0 Å². The summed E-state index contributed by atoms with van der Waals surface area (Å²) in [7, 11) is 1.68. The molecule has 0 saturated carbocycles. The van der Waals surface area contributed by atoms with Crippen LogP contribution in [0.5, 0.6) is 0 Å². The van der Waals surface area contributed by atoms with Crippen LogP contribution in [-0.2, 0) is 26.3 Å². The smallest absolute Gasteiger partial charge is 0.262 e. The minimum atomic E-state index is -0.435. The van der Waals surface area contributed by atoms with Crippen molar-refractivity contribution in [3.8, 4) is 0 Å². The number of halogens is 1. The van der Waals surface area contributed by atoms with E-state index in [1.54, 1.807) is 18.4 Å². The Labute approximate surface area is 152 Å². The van der Waals surface area contributed by atoms with Gasteiger partial charge in [-0.05, 0) is 49.4 Å². The molecule has 0 spiro atoms. The van der Waals surface area contributed by atoms with E-state index in [-0.39, 0.29) is 10.6 Å². The van der Waals surface area contributed by atoms with Crippen LogP contribution in [0, 0.1) is 5.82 Å². The van der Waals surface area contributed by atoms with Crippen molar-refractivity contribution in [1.29, 1.82) is 0 Å². The third-order valence-electron chi connectivity index (χ3n) is 4.51. The van der Waals surface area contributed by atoms with E-state index in [1.807, 2.05) is 6.92 Å². The standard InChI is InChI=1S/C17H17FN4OS2/c1-3-10-13(18)15(20-8-19-10)25-17-21-14-12(16(23)22(17)2)9-6-4-5-7-11(9)24-14/h8H,3-7H2,1-2H3. The number of nitrogens with zero attached hydrogens (tertiary/aromatic N) is 4. The van der Waals surface area contributed by atoms with Gasteiger partial charge in [0, 0.05) is 11.9 Å². The molecule has 1 aliphatic carbocycles. The average molecular weight is 376 g/mol. The molecule has 5 nitrogen and oxygen atoms in total. The highest BCUT2D eigenvalue weighted by atomic mass is 32.2. The van der Waals surface area contributed by atoms with Gasteiger partial charge in [-0.3, -0.25) is 9.36 Å². The van der Waals surface area contributed by atoms with E-state index in [0.29, 0.717) is 17.3 Å². The Morgan fingerprint density at radius 3 is 2.92 bits per heavy atom. The number of thiophene rings is 1. The van der Waals surface area contributed by atoms with Gasteiger partial charge in [-0.1, -0.05) is 6.92 Å². The summed E-state index contributed by atoms with van der Waals surface area (Å²) < 4.78 is 15.9. The van der Waals surface area contributed by atoms with Crippen molar-refractivity contribution in [3.63, 3.8) is 0 Å². The molecule has 0 saturated heterocycles. The van der Waals surface area contributed by atoms with Crippen LogP contribution in [0.15, 0.2) is 21.3 Å². The lowest BCUT2D eigenvalue weighted by Crippen LogP contribution is -2.20. The first kappa shape index (κ1) is 16.7. The van der Waals surface area contributed by atoms with E-state index in [0.717, 1.165) is 53.2 Å². The van der Waals surface area contributed by atoms with E-state index in [4.69, 9.17) is 0 Å². The zero-order valence-electron chi connectivity index (χ0n) is 14.0. The van der Waals surface area contributed by atoms with Crippen LogP contribution in [0.3, 0.4) is 0 Å². The van der Waals surface area contributed by atoms with Gasteiger partial charge in [-0.25, -0.2) is 19.3 Å². The lowest BCUT2D eigenvalue weighted by Gasteiger charge is -2.11. The predicted octanol–water partition coefficient (Wildman–Crippen LogP) is 3.52. The molecule has 0 amide bonds. The lowest BCUT2D eigenvalue weighted by molar-refractivity contribution is 0.558. The Hall–Kier alpha value is -1.80. The highest BCUT2D eigenvalue weighted by Gasteiger charge is 2.22. The molecular formula is C17H17FN4OS2. The number of hydrogen-bond acceptors (Lipinski definition) is 6. The molecule has 3 aromatic rings. The summed E-state index contributed by atoms with van der Waals surface area (Å²) in [4.78, 5) is 27.5. The molecule has 0 aromatic carbocycles. The number of hydrogen-bond donors (Lipinski definition) is 0. The maximum absolute atomic E-state index is 14.4. The summed E-state index contributed by atoms with van der Waals surface area (Å²) in [5.41, 5.74) is 1.48. The molecule has 0 bridgehead atoms. The zero-order chi connectivity index (χ0) is 17.6. The minimum Gasteiger partial charge on any atom is -0.290 e. The molecule has 3 heterocycles. The van der Waals surface area contributed by atoms with Crippen LogP contribution >= 0.6 is 23.1 Å². The molecule has 0 radical (unpaired) electrons. The van der Waals surface area contributed by atoms with Crippen molar-refractivity contribution >= 4 is 33.3 Å². The second-order valence-electron chi connectivity index (χ2n) is 6.04. The maximum atomic E-state index is 14.4. The quantitative estimate of drug-likeness (QED) is 0.517. The van der Waals surface area contributed by atoms with E-state index in [2.05, 4.69) is 15.0 Å². The largest absolute Gasteiger partial charge is 0.290 e. The van der Waals surface area contributed by atoms with Crippen molar-refractivity contribution in [1.82, 2.24) is 19.5 Å². The second kappa shape index (κ2) is 6.49. The summed E-state index contributed by atoms with van der Waals surface area (Å²) in [6.45, 7) is 1.84. The van der Waals surface area contributed by atoms with Gasteiger partial charge in [0.05, 0.1) is 11.1 Å². The SMILES string of the molecule is CCc1ncnc(Sc2nc3sc4c(c3c(=O)n2C)CCCC4)c1F. The van der Waals surface area contributed by atoms with Crippen LogP contribution in [0.25, 0.3) is 10.2 Å². The maximum Gasteiger partial charge on any atom is 0.262 e. The van der Waals surface area contributed by atoms with Gasteiger partial charge in [0.2, 0.25) is 0 Å². The lowest BCUT2D eigenvalue weighted by atomic mass is 9.97. The van der Waals surface area contributed by atoms with E-state index >= 15 is 0 Å². The summed E-state index contributed by atoms with van der Waals surface area (Å²) in [5.74, 6) is -0.435. The Bertz CT molecular complexity index is 1030. The summed E-state index contributed by atoms with van der Waals surface area (Å²) in [6, 6.07) is 0. The molecule has 0 aliphatic heterocycles. The van der Waals surface area contributed by atoms with Crippen LogP contribution in [-0.4, -0.2) is 19.5 Å². The van der Waals surface area contributed by atoms with Crippen molar-refractivity contribution in [3.05, 3.63) is 38.6 Å². The summed E-state index contributed by atoms with van der Waals surface area (Å²) in [5, 5.41) is 1.40. The van der Waals surface area contributed by atoms with Gasteiger partial charge < -0.3 is 0 Å². The summed E-state index contributed by atoms with van der Waals surface area (Å²) in [6.07, 6.45) is 6.08. The molecule has 1 aliphatic rings. The van der Waals surface area contributed by atoms with Gasteiger partial charge in [0.15, 0.2) is 11.0 Å². The number of fused-ring (bicyclic) bond motifs is 3. The minimum absolute atomic E-state index is 0.0583. The monoisotopic (exact) mass is 376 g/mol. The van der Waals surface area contributed by atoms with E-state index in [1.165, 1.54) is 15.8 Å². The summed E-state index contributed by atoms with van der Waals surface area (Å²) >= 11 is 2.67. The molecule has 8 heteroatoms. The van der Waals surface area contributed by atoms with Crippen molar-refractivity contribution < 1.29 is 4.39 Å².